The first kappa shape index (κ1) is 18.8. The number of anilines is 2. The van der Waals surface area contributed by atoms with Crippen LogP contribution in [0.4, 0.5) is 11.9 Å². The molecule has 0 saturated carbocycles. The Bertz CT molecular complexity index is 1280. The highest BCUT2D eigenvalue weighted by molar-refractivity contribution is 5.84. The minimum atomic E-state index is -0.156. The van der Waals surface area contributed by atoms with Gasteiger partial charge < -0.3 is 0 Å². The van der Waals surface area contributed by atoms with E-state index in [2.05, 4.69) is 25.3 Å². The van der Waals surface area contributed by atoms with E-state index in [0.717, 1.165) is 33.3 Å². The van der Waals surface area contributed by atoms with E-state index in [1.165, 1.54) is 0 Å². The van der Waals surface area contributed by atoms with Crippen molar-refractivity contribution in [3.63, 3.8) is 0 Å². The van der Waals surface area contributed by atoms with Crippen LogP contribution in [-0.2, 0) is 6.42 Å². The van der Waals surface area contributed by atoms with Gasteiger partial charge in [0.1, 0.15) is 0 Å². The van der Waals surface area contributed by atoms with Crippen molar-refractivity contribution in [2.45, 2.75) is 34.1 Å². The molecule has 4 aromatic rings. The van der Waals surface area contributed by atoms with E-state index < -0.39 is 0 Å². The van der Waals surface area contributed by atoms with Crippen LogP contribution in [0.2, 0.25) is 0 Å². The lowest BCUT2D eigenvalue weighted by atomic mass is 10.0. The molecule has 0 fully saturated rings. The molecule has 0 saturated heterocycles. The van der Waals surface area contributed by atoms with Crippen molar-refractivity contribution in [3.05, 3.63) is 86.5 Å². The molecule has 6 heteroatoms. The molecule has 2 aromatic heterocycles. The third-order valence-electron chi connectivity index (χ3n) is 5.20. The molecule has 0 spiro atoms. The number of rotatable bonds is 4. The Labute approximate surface area is 169 Å². The highest BCUT2D eigenvalue weighted by Gasteiger charge is 2.12. The predicted octanol–water partition coefficient (Wildman–Crippen LogP) is 4.28. The highest BCUT2D eigenvalue weighted by atomic mass is 16.1. The number of benzene rings is 2. The Morgan fingerprint density at radius 1 is 0.862 bits per heavy atom. The van der Waals surface area contributed by atoms with Crippen LogP contribution in [0.15, 0.2) is 47.3 Å². The van der Waals surface area contributed by atoms with Crippen molar-refractivity contribution in [1.29, 1.82) is 0 Å². The van der Waals surface area contributed by atoms with Crippen LogP contribution < -0.4 is 10.9 Å². The second-order valence-electron chi connectivity index (χ2n) is 7.31. The summed E-state index contributed by atoms with van der Waals surface area (Å²) in [5.41, 5.74) is 6.30. The number of fused-ring (bicyclic) bond motifs is 1. The number of aromatic amines is 1. The normalized spacial score (nSPS) is 11.0. The molecule has 4 rings (SSSR count). The summed E-state index contributed by atoms with van der Waals surface area (Å²) in [5.74, 6) is 0.756. The fourth-order valence-corrected chi connectivity index (χ4v) is 3.49. The zero-order valence-corrected chi connectivity index (χ0v) is 17.0. The van der Waals surface area contributed by atoms with Gasteiger partial charge in [-0.2, -0.15) is 0 Å². The molecule has 146 valence electrons. The maximum Gasteiger partial charge on any atom is 0.256 e. The van der Waals surface area contributed by atoms with Gasteiger partial charge >= 0.3 is 0 Å². The summed E-state index contributed by atoms with van der Waals surface area (Å²) >= 11 is 0. The summed E-state index contributed by atoms with van der Waals surface area (Å²) in [5, 5.41) is 4.07. The van der Waals surface area contributed by atoms with Gasteiger partial charge in [-0.3, -0.25) is 15.1 Å². The van der Waals surface area contributed by atoms with Crippen LogP contribution in [0.3, 0.4) is 0 Å². The van der Waals surface area contributed by atoms with Crippen LogP contribution >= 0.6 is 0 Å². The molecule has 6 nitrogen and oxygen atoms in total. The number of aromatic nitrogens is 4. The molecule has 0 aliphatic heterocycles. The fourth-order valence-electron chi connectivity index (χ4n) is 3.49. The summed E-state index contributed by atoms with van der Waals surface area (Å²) in [4.78, 5) is 29.2. The van der Waals surface area contributed by atoms with Crippen molar-refractivity contribution in [2.75, 3.05) is 5.32 Å². The number of nitrogens with zero attached hydrogens (tertiary/aromatic N) is 3. The molecule has 2 N–H and O–H groups in total. The zero-order chi connectivity index (χ0) is 20.5. The Hall–Kier alpha value is -3.54. The SMILES string of the molecule is Cc1ccccc1Cc1c(C)nc(Nc2nc(C)c3cccc(C)c3n2)[nH]c1=O. The number of aryl methyl sites for hydroxylation is 4. The molecular formula is C23H23N5O. The van der Waals surface area contributed by atoms with E-state index >= 15 is 0 Å². The zero-order valence-electron chi connectivity index (χ0n) is 17.0. The molecule has 0 aliphatic carbocycles. The maximum absolute atomic E-state index is 12.7. The van der Waals surface area contributed by atoms with Gasteiger partial charge in [0.15, 0.2) is 0 Å². The molecule has 29 heavy (non-hydrogen) atoms. The first-order chi connectivity index (χ1) is 13.9. The Morgan fingerprint density at radius 3 is 2.38 bits per heavy atom. The van der Waals surface area contributed by atoms with E-state index in [9.17, 15) is 4.79 Å². The third kappa shape index (κ3) is 3.74. The number of hydrogen-bond donors (Lipinski definition) is 2. The van der Waals surface area contributed by atoms with Gasteiger partial charge in [-0.15, -0.1) is 0 Å². The number of nitrogens with one attached hydrogen (secondary N) is 2. The van der Waals surface area contributed by atoms with Crippen LogP contribution in [0.5, 0.6) is 0 Å². The average molecular weight is 385 g/mol. The molecule has 0 radical (unpaired) electrons. The summed E-state index contributed by atoms with van der Waals surface area (Å²) in [7, 11) is 0. The minimum absolute atomic E-state index is 0.156. The van der Waals surface area contributed by atoms with Gasteiger partial charge in [-0.1, -0.05) is 42.5 Å². The Balaban J connectivity index is 1.67. The number of H-pyrrole nitrogens is 1. The minimum Gasteiger partial charge on any atom is -0.294 e. The van der Waals surface area contributed by atoms with Crippen molar-refractivity contribution in [3.8, 4) is 0 Å². The monoisotopic (exact) mass is 385 g/mol. The largest absolute Gasteiger partial charge is 0.294 e. The Morgan fingerprint density at radius 2 is 1.62 bits per heavy atom. The predicted molar refractivity (Wildman–Crippen MR) is 116 cm³/mol. The maximum atomic E-state index is 12.7. The summed E-state index contributed by atoms with van der Waals surface area (Å²) < 4.78 is 0. The number of hydrogen-bond acceptors (Lipinski definition) is 5. The quantitative estimate of drug-likeness (QED) is 0.548. The molecule has 0 atom stereocenters. The van der Waals surface area contributed by atoms with E-state index in [1.54, 1.807) is 0 Å². The summed E-state index contributed by atoms with van der Waals surface area (Å²) in [6.45, 7) is 7.86. The molecular weight excluding hydrogens is 362 g/mol. The fraction of sp³-hybridized carbons (Fsp3) is 0.217. The van der Waals surface area contributed by atoms with E-state index in [0.29, 0.717) is 29.6 Å². The van der Waals surface area contributed by atoms with Gasteiger partial charge in [0.2, 0.25) is 11.9 Å². The lowest BCUT2D eigenvalue weighted by molar-refractivity contribution is 0.974. The van der Waals surface area contributed by atoms with E-state index in [-0.39, 0.29) is 5.56 Å². The first-order valence-corrected chi connectivity index (χ1v) is 9.57. The van der Waals surface area contributed by atoms with Crippen LogP contribution in [0.1, 0.15) is 33.6 Å². The topological polar surface area (TPSA) is 83.6 Å². The van der Waals surface area contributed by atoms with Crippen molar-refractivity contribution >= 4 is 22.8 Å². The van der Waals surface area contributed by atoms with E-state index in [1.807, 2.05) is 70.2 Å². The highest BCUT2D eigenvalue weighted by Crippen LogP contribution is 2.21. The standard InChI is InChI=1S/C23H23N5O/c1-13-8-5-6-10-17(13)12-19-16(4)25-23(27-21(19)29)28-22-24-15(3)18-11-7-9-14(2)20(18)26-22/h5-11H,12H2,1-4H3,(H2,24,25,26,27,28,29). The van der Waals surface area contributed by atoms with Crippen molar-refractivity contribution in [2.24, 2.45) is 0 Å². The van der Waals surface area contributed by atoms with Gasteiger partial charge in [0, 0.05) is 17.4 Å². The molecule has 0 aliphatic rings. The summed E-state index contributed by atoms with van der Waals surface area (Å²) in [6.07, 6.45) is 0.548. The average Bonchev–Trinajstić information content (AvgIpc) is 2.67. The van der Waals surface area contributed by atoms with Crippen LogP contribution in [0, 0.1) is 27.7 Å². The van der Waals surface area contributed by atoms with Crippen molar-refractivity contribution < 1.29 is 0 Å². The first-order valence-electron chi connectivity index (χ1n) is 9.57. The Kier molecular flexibility index (Phi) is 4.84. The second kappa shape index (κ2) is 7.47. The van der Waals surface area contributed by atoms with Gasteiger partial charge in [0.25, 0.3) is 5.56 Å². The third-order valence-corrected chi connectivity index (χ3v) is 5.20. The lowest BCUT2D eigenvalue weighted by Crippen LogP contribution is -2.19. The van der Waals surface area contributed by atoms with E-state index in [4.69, 9.17) is 0 Å². The van der Waals surface area contributed by atoms with Crippen molar-refractivity contribution in [1.82, 2.24) is 19.9 Å². The smallest absolute Gasteiger partial charge is 0.256 e. The van der Waals surface area contributed by atoms with Gasteiger partial charge in [-0.25, -0.2) is 15.0 Å². The molecule has 2 aromatic carbocycles. The second-order valence-corrected chi connectivity index (χ2v) is 7.31. The molecule has 0 unspecified atom stereocenters. The molecule has 2 heterocycles. The van der Waals surface area contributed by atoms with Crippen LogP contribution in [-0.4, -0.2) is 19.9 Å². The van der Waals surface area contributed by atoms with Crippen LogP contribution in [0.25, 0.3) is 10.9 Å². The summed E-state index contributed by atoms with van der Waals surface area (Å²) in [6, 6.07) is 14.1. The van der Waals surface area contributed by atoms with Gasteiger partial charge in [-0.05, 0) is 44.4 Å². The van der Waals surface area contributed by atoms with Gasteiger partial charge in [0.05, 0.1) is 16.9 Å². The number of para-hydroxylation sites is 1. The molecule has 0 bridgehead atoms. The molecule has 0 amide bonds. The lowest BCUT2D eigenvalue weighted by Gasteiger charge is -2.11.